The molecule has 0 aliphatic heterocycles. The fourth-order valence-electron chi connectivity index (χ4n) is 1.80. The Morgan fingerprint density at radius 3 is 2.56 bits per heavy atom. The molecule has 4 heteroatoms. The average molecular weight is 245 g/mol. The molecule has 0 saturated heterocycles. The predicted molar refractivity (Wildman–Crippen MR) is 71.9 cm³/mol. The summed E-state index contributed by atoms with van der Waals surface area (Å²) in [5.41, 5.74) is 8.70. The van der Waals surface area contributed by atoms with E-state index in [4.69, 9.17) is 5.73 Å². The largest absolute Gasteiger partial charge is 0.396 e. The third kappa shape index (κ3) is 2.59. The molecule has 0 atom stereocenters. The molecule has 1 heterocycles. The molecule has 0 fully saturated rings. The van der Waals surface area contributed by atoms with Crippen LogP contribution in [0.2, 0.25) is 0 Å². The number of nitrogen functional groups attached to an aromatic ring is 1. The van der Waals surface area contributed by atoms with E-state index in [-0.39, 0.29) is 5.82 Å². The molecule has 2 N–H and O–H groups in total. The molecule has 0 saturated carbocycles. The summed E-state index contributed by atoms with van der Waals surface area (Å²) in [4.78, 5) is 6.23. The maximum absolute atomic E-state index is 12.8. The SMILES string of the molecule is Cc1ccnc(N(C)Cc2ccc(F)cc2)c1N. The van der Waals surface area contributed by atoms with Crippen molar-refractivity contribution < 1.29 is 4.39 Å². The van der Waals surface area contributed by atoms with E-state index in [0.717, 1.165) is 16.9 Å². The van der Waals surface area contributed by atoms with Gasteiger partial charge in [-0.2, -0.15) is 0 Å². The van der Waals surface area contributed by atoms with Gasteiger partial charge in [0.1, 0.15) is 5.82 Å². The van der Waals surface area contributed by atoms with Crippen molar-refractivity contribution >= 4 is 11.5 Å². The first-order chi connectivity index (χ1) is 8.58. The molecule has 2 aromatic rings. The lowest BCUT2D eigenvalue weighted by Crippen LogP contribution is -2.19. The number of benzene rings is 1. The predicted octanol–water partition coefficient (Wildman–Crippen LogP) is 2.75. The van der Waals surface area contributed by atoms with Gasteiger partial charge in [-0.1, -0.05) is 12.1 Å². The van der Waals surface area contributed by atoms with Gasteiger partial charge < -0.3 is 10.6 Å². The Bertz CT molecular complexity index is 537. The standard InChI is InChI=1S/C14H16FN3/c1-10-7-8-17-14(13(10)16)18(2)9-11-3-5-12(15)6-4-11/h3-8H,9,16H2,1-2H3. The number of nitrogens with zero attached hydrogens (tertiary/aromatic N) is 2. The number of aromatic nitrogens is 1. The summed E-state index contributed by atoms with van der Waals surface area (Å²) in [5.74, 6) is 0.522. The first-order valence-corrected chi connectivity index (χ1v) is 5.74. The number of rotatable bonds is 3. The summed E-state index contributed by atoms with van der Waals surface area (Å²) in [6.07, 6.45) is 1.74. The zero-order valence-corrected chi connectivity index (χ0v) is 10.5. The van der Waals surface area contributed by atoms with Crippen LogP contribution in [0.15, 0.2) is 36.5 Å². The summed E-state index contributed by atoms with van der Waals surface area (Å²) < 4.78 is 12.8. The summed E-state index contributed by atoms with van der Waals surface area (Å²) in [6.45, 7) is 2.59. The summed E-state index contributed by atoms with van der Waals surface area (Å²) in [5, 5.41) is 0. The highest BCUT2D eigenvalue weighted by Crippen LogP contribution is 2.23. The van der Waals surface area contributed by atoms with E-state index in [1.54, 1.807) is 18.3 Å². The van der Waals surface area contributed by atoms with E-state index in [0.29, 0.717) is 12.2 Å². The molecule has 0 aliphatic rings. The van der Waals surface area contributed by atoms with Crippen LogP contribution in [-0.2, 0) is 6.54 Å². The van der Waals surface area contributed by atoms with E-state index in [2.05, 4.69) is 4.98 Å². The van der Waals surface area contributed by atoms with Crippen molar-refractivity contribution in [2.45, 2.75) is 13.5 Å². The van der Waals surface area contributed by atoms with Crippen molar-refractivity contribution in [2.24, 2.45) is 0 Å². The fourth-order valence-corrected chi connectivity index (χ4v) is 1.80. The highest BCUT2D eigenvalue weighted by Gasteiger charge is 2.09. The Balaban J connectivity index is 2.19. The lowest BCUT2D eigenvalue weighted by molar-refractivity contribution is 0.627. The van der Waals surface area contributed by atoms with Crippen LogP contribution in [0.3, 0.4) is 0 Å². The van der Waals surface area contributed by atoms with Crippen molar-refractivity contribution in [3.05, 3.63) is 53.5 Å². The van der Waals surface area contributed by atoms with Crippen LogP contribution in [0.4, 0.5) is 15.9 Å². The highest BCUT2D eigenvalue weighted by molar-refractivity contribution is 5.66. The maximum Gasteiger partial charge on any atom is 0.152 e. The molecule has 1 aromatic heterocycles. The van der Waals surface area contributed by atoms with E-state index >= 15 is 0 Å². The molecule has 18 heavy (non-hydrogen) atoms. The van der Waals surface area contributed by atoms with Crippen molar-refractivity contribution in [3.8, 4) is 0 Å². The Hall–Kier alpha value is -2.10. The van der Waals surface area contributed by atoms with Crippen molar-refractivity contribution in [1.82, 2.24) is 4.98 Å². The zero-order valence-electron chi connectivity index (χ0n) is 10.5. The van der Waals surface area contributed by atoms with Gasteiger partial charge in [0.25, 0.3) is 0 Å². The average Bonchev–Trinajstić information content (AvgIpc) is 2.35. The number of halogens is 1. The normalized spacial score (nSPS) is 10.4. The van der Waals surface area contributed by atoms with E-state index < -0.39 is 0 Å². The van der Waals surface area contributed by atoms with Crippen LogP contribution in [-0.4, -0.2) is 12.0 Å². The first-order valence-electron chi connectivity index (χ1n) is 5.74. The van der Waals surface area contributed by atoms with Gasteiger partial charge in [0.15, 0.2) is 5.82 Å². The third-order valence-electron chi connectivity index (χ3n) is 2.88. The molecule has 0 spiro atoms. The van der Waals surface area contributed by atoms with Crippen molar-refractivity contribution in [2.75, 3.05) is 17.7 Å². The van der Waals surface area contributed by atoms with Crippen LogP contribution >= 0.6 is 0 Å². The topological polar surface area (TPSA) is 42.2 Å². The molecule has 0 radical (unpaired) electrons. The number of anilines is 2. The lowest BCUT2D eigenvalue weighted by atomic mass is 10.2. The highest BCUT2D eigenvalue weighted by atomic mass is 19.1. The molecular weight excluding hydrogens is 229 g/mol. The Morgan fingerprint density at radius 2 is 1.89 bits per heavy atom. The molecule has 0 unspecified atom stereocenters. The Labute approximate surface area is 106 Å². The zero-order chi connectivity index (χ0) is 13.1. The minimum absolute atomic E-state index is 0.227. The molecular formula is C14H16FN3. The van der Waals surface area contributed by atoms with E-state index in [1.165, 1.54) is 12.1 Å². The first kappa shape index (κ1) is 12.4. The molecule has 3 nitrogen and oxygen atoms in total. The number of nitrogens with two attached hydrogens (primary N) is 1. The van der Waals surface area contributed by atoms with Crippen LogP contribution in [0.1, 0.15) is 11.1 Å². The van der Waals surface area contributed by atoms with Gasteiger partial charge in [0.2, 0.25) is 0 Å². The smallest absolute Gasteiger partial charge is 0.152 e. The van der Waals surface area contributed by atoms with Gasteiger partial charge in [0.05, 0.1) is 5.69 Å². The summed E-state index contributed by atoms with van der Waals surface area (Å²) >= 11 is 0. The summed E-state index contributed by atoms with van der Waals surface area (Å²) in [7, 11) is 1.92. The Kier molecular flexibility index (Phi) is 3.46. The van der Waals surface area contributed by atoms with E-state index in [9.17, 15) is 4.39 Å². The van der Waals surface area contributed by atoms with Gasteiger partial charge in [0, 0.05) is 19.8 Å². The van der Waals surface area contributed by atoms with Crippen LogP contribution in [0.5, 0.6) is 0 Å². The second-order valence-electron chi connectivity index (χ2n) is 4.35. The molecule has 94 valence electrons. The Morgan fingerprint density at radius 1 is 1.22 bits per heavy atom. The van der Waals surface area contributed by atoms with Gasteiger partial charge in [-0.05, 0) is 36.2 Å². The number of pyridine rings is 1. The number of hydrogen-bond acceptors (Lipinski definition) is 3. The van der Waals surface area contributed by atoms with Crippen LogP contribution in [0, 0.1) is 12.7 Å². The lowest BCUT2D eigenvalue weighted by Gasteiger charge is -2.20. The van der Waals surface area contributed by atoms with E-state index in [1.807, 2.05) is 24.9 Å². The minimum atomic E-state index is -0.227. The quantitative estimate of drug-likeness (QED) is 0.904. The number of aryl methyl sites for hydroxylation is 1. The molecule has 0 aliphatic carbocycles. The fraction of sp³-hybridized carbons (Fsp3) is 0.214. The van der Waals surface area contributed by atoms with Crippen molar-refractivity contribution in [1.29, 1.82) is 0 Å². The van der Waals surface area contributed by atoms with Crippen LogP contribution < -0.4 is 10.6 Å². The van der Waals surface area contributed by atoms with Crippen LogP contribution in [0.25, 0.3) is 0 Å². The third-order valence-corrected chi connectivity index (χ3v) is 2.88. The molecule has 0 bridgehead atoms. The van der Waals surface area contributed by atoms with Gasteiger partial charge in [-0.25, -0.2) is 9.37 Å². The van der Waals surface area contributed by atoms with Gasteiger partial charge >= 0.3 is 0 Å². The van der Waals surface area contributed by atoms with Gasteiger partial charge in [-0.3, -0.25) is 0 Å². The molecule has 1 aromatic carbocycles. The summed E-state index contributed by atoms with van der Waals surface area (Å²) in [6, 6.07) is 8.31. The van der Waals surface area contributed by atoms with Crippen molar-refractivity contribution in [3.63, 3.8) is 0 Å². The monoisotopic (exact) mass is 245 g/mol. The number of hydrogen-bond donors (Lipinski definition) is 1. The molecule has 2 rings (SSSR count). The second-order valence-corrected chi connectivity index (χ2v) is 4.35. The molecule has 0 amide bonds. The maximum atomic E-state index is 12.8. The second kappa shape index (κ2) is 5.04. The van der Waals surface area contributed by atoms with Gasteiger partial charge in [-0.15, -0.1) is 0 Å². The minimum Gasteiger partial charge on any atom is -0.396 e.